The van der Waals surface area contributed by atoms with Crippen LogP contribution >= 0.6 is 34.0 Å². The third-order valence-electron chi connectivity index (χ3n) is 11.5. The molecule has 0 saturated carbocycles. The van der Waals surface area contributed by atoms with Crippen molar-refractivity contribution in [3.8, 4) is 33.8 Å². The lowest BCUT2D eigenvalue weighted by Crippen LogP contribution is -2.01. The fraction of sp³-hybridized carbons (Fsp3) is 0.0545. The summed E-state index contributed by atoms with van der Waals surface area (Å²) in [6, 6.07) is 39.9. The Labute approximate surface area is 428 Å². The van der Waals surface area contributed by atoms with Crippen LogP contribution in [0.3, 0.4) is 0 Å². The lowest BCUT2D eigenvalue weighted by Gasteiger charge is -2.07. The maximum Gasteiger partial charge on any atom is 0.208 e. The van der Waals surface area contributed by atoms with Crippen LogP contribution in [0.5, 0.6) is 0 Å². The van der Waals surface area contributed by atoms with Gasteiger partial charge in [-0.3, -0.25) is 19.2 Å². The van der Waals surface area contributed by atoms with Gasteiger partial charge in [-0.05, 0) is 95.4 Å². The first-order chi connectivity index (χ1) is 35.6. The fourth-order valence-electron chi connectivity index (χ4n) is 8.09. The minimum absolute atomic E-state index is 0.0476. The Kier molecular flexibility index (Phi) is 13.7. The van der Waals surface area contributed by atoms with E-state index in [4.69, 9.17) is 5.73 Å². The topological polar surface area (TPSA) is 197 Å². The van der Waals surface area contributed by atoms with E-state index in [1.807, 2.05) is 138 Å². The average Bonchev–Trinajstić information content (AvgIpc) is 4.29. The van der Waals surface area contributed by atoms with Crippen LogP contribution in [0, 0.1) is 0 Å². The molecule has 0 amide bonds. The minimum Gasteiger partial charge on any atom is -0.399 e. The zero-order valence-electron chi connectivity index (χ0n) is 39.0. The molecule has 9 aromatic heterocycles. The average molecular weight is 1020 g/mol. The number of thiophene rings is 3. The molecule has 0 spiro atoms. The first kappa shape index (κ1) is 47.6. The summed E-state index contributed by atoms with van der Waals surface area (Å²) in [7, 11) is 1.88. The molecule has 3 N–H and O–H groups in total. The Bertz CT molecular complexity index is 3950. The van der Waals surface area contributed by atoms with Crippen molar-refractivity contribution in [3.05, 3.63) is 218 Å². The van der Waals surface area contributed by atoms with Gasteiger partial charge >= 0.3 is 0 Å². The molecule has 0 radical (unpaired) electrons. The molecule has 0 fully saturated rings. The highest BCUT2D eigenvalue weighted by atomic mass is 32.1. The van der Waals surface area contributed by atoms with E-state index >= 15 is 0 Å². The van der Waals surface area contributed by atoms with Crippen molar-refractivity contribution in [1.82, 2.24) is 43.8 Å². The molecule has 0 atom stereocenters. The van der Waals surface area contributed by atoms with E-state index in [-0.39, 0.29) is 23.1 Å². The minimum atomic E-state index is -0.0787. The number of anilines is 2. The Balaban J connectivity index is 0.000000126. The largest absolute Gasteiger partial charge is 0.399 e. The highest BCUT2D eigenvalue weighted by Gasteiger charge is 2.21. The number of hydrogen-bond donors (Lipinski definition) is 2. The number of nitrogen functional groups attached to an aromatic ring is 1. The van der Waals surface area contributed by atoms with E-state index in [2.05, 4.69) is 35.6 Å². The Morgan fingerprint density at radius 2 is 0.918 bits per heavy atom. The number of ketones is 4. The molecule has 358 valence electrons. The Morgan fingerprint density at radius 1 is 0.507 bits per heavy atom. The number of nitrogens with zero attached hydrogens (tertiary/aromatic N) is 9. The number of rotatable bonds is 12. The highest BCUT2D eigenvalue weighted by Crippen LogP contribution is 2.28. The molecular weight excluding hydrogens is 975 g/mol. The van der Waals surface area contributed by atoms with Crippen LogP contribution in [0.25, 0.3) is 50.7 Å². The zero-order valence-corrected chi connectivity index (χ0v) is 41.4. The molecule has 73 heavy (non-hydrogen) atoms. The van der Waals surface area contributed by atoms with Gasteiger partial charge in [0.05, 0.1) is 67.0 Å². The second-order valence-electron chi connectivity index (χ2n) is 16.3. The number of carbonyl (C=O) groups excluding carboxylic acids is 4. The number of carbonyl (C=O) groups is 4. The quantitative estimate of drug-likeness (QED) is 0.0869. The summed E-state index contributed by atoms with van der Waals surface area (Å²) in [5, 5.41) is 21.9. The van der Waals surface area contributed by atoms with E-state index < -0.39 is 0 Å². The molecule has 0 aliphatic carbocycles. The summed E-state index contributed by atoms with van der Waals surface area (Å²) in [4.78, 5) is 64.4. The summed E-state index contributed by atoms with van der Waals surface area (Å²) in [5.74, 6) is -0.0734. The van der Waals surface area contributed by atoms with Gasteiger partial charge in [-0.25, -0.2) is 28.5 Å². The summed E-state index contributed by atoms with van der Waals surface area (Å²) >= 11 is 4.23. The molecule has 18 heteroatoms. The predicted molar refractivity (Wildman–Crippen MR) is 287 cm³/mol. The smallest absolute Gasteiger partial charge is 0.208 e. The summed E-state index contributed by atoms with van der Waals surface area (Å²) in [5.41, 5.74) is 17.0. The van der Waals surface area contributed by atoms with E-state index in [0.29, 0.717) is 60.4 Å². The van der Waals surface area contributed by atoms with Crippen LogP contribution in [0.2, 0.25) is 0 Å². The van der Waals surface area contributed by atoms with Gasteiger partial charge in [0, 0.05) is 60.1 Å². The van der Waals surface area contributed by atoms with Crippen LogP contribution in [0.4, 0.5) is 11.4 Å². The molecule has 12 rings (SSSR count). The van der Waals surface area contributed by atoms with Gasteiger partial charge in [0.2, 0.25) is 17.3 Å². The number of aromatic nitrogens is 9. The third-order valence-corrected chi connectivity index (χ3v) is 14.1. The molecule has 0 aliphatic heterocycles. The van der Waals surface area contributed by atoms with E-state index in [1.54, 1.807) is 69.8 Å². The number of nitrogens with one attached hydrogen (secondary N) is 1. The van der Waals surface area contributed by atoms with Gasteiger partial charge in [-0.2, -0.15) is 15.3 Å². The van der Waals surface area contributed by atoms with Gasteiger partial charge in [0.15, 0.2) is 16.9 Å². The van der Waals surface area contributed by atoms with Crippen molar-refractivity contribution in [2.75, 3.05) is 18.1 Å². The standard InChI is InChI=1S/C20H15N3O2S.C18H14N4OS.C17H12N4OS/c1-13(24)10-14-4-2-5-15(11-14)17-7-8-21-20-16(12-22-23(17)20)19(25)18-6-3-9-26-18;1-19-13-5-2-4-12(10-13)15-7-8-20-18-14(11-21-22(15)18)17(23)16-6-3-9-24-16;18-12-4-1-3-11(9-12)14-6-7-19-17-13(10-20-21(14)17)16(22)15-5-2-8-23-15/h2-9,11-12H,10H2,1H3;2-11,19H,1H3;1-10H,18H2. The lowest BCUT2D eigenvalue weighted by molar-refractivity contribution is -0.116. The maximum absolute atomic E-state index is 12.7. The first-order valence-electron chi connectivity index (χ1n) is 22.6. The summed E-state index contributed by atoms with van der Waals surface area (Å²) < 4.78 is 5.07. The molecule has 0 unspecified atom stereocenters. The molecule has 9 heterocycles. The monoisotopic (exact) mass is 1020 g/mol. The fourth-order valence-corrected chi connectivity index (χ4v) is 10.1. The van der Waals surface area contributed by atoms with Crippen molar-refractivity contribution in [3.63, 3.8) is 0 Å². The SMILES string of the molecule is CC(=O)Cc1cccc(-c2ccnc3c(C(=O)c4cccs4)cnn23)c1.CNc1cccc(-c2ccnc3c(C(=O)c4cccs4)cnn23)c1.Nc1cccc(-c2ccnc3c(C(=O)c4cccs4)cnn23)c1. The Hall–Kier alpha value is -9.10. The van der Waals surface area contributed by atoms with Crippen molar-refractivity contribution < 1.29 is 19.2 Å². The molecule has 0 bridgehead atoms. The van der Waals surface area contributed by atoms with Crippen LogP contribution in [0.15, 0.2) is 181 Å². The van der Waals surface area contributed by atoms with E-state index in [1.165, 1.54) is 34.0 Å². The van der Waals surface area contributed by atoms with Gasteiger partial charge in [0.25, 0.3) is 0 Å². The Morgan fingerprint density at radius 3 is 1.32 bits per heavy atom. The zero-order chi connectivity index (χ0) is 50.4. The van der Waals surface area contributed by atoms with Gasteiger partial charge in [-0.1, -0.05) is 60.7 Å². The van der Waals surface area contributed by atoms with Gasteiger partial charge in [-0.15, -0.1) is 34.0 Å². The van der Waals surface area contributed by atoms with Crippen LogP contribution in [-0.2, 0) is 11.2 Å². The number of fused-ring (bicyclic) bond motifs is 3. The maximum atomic E-state index is 12.7. The molecule has 0 aliphatic rings. The number of benzene rings is 3. The third kappa shape index (κ3) is 9.98. The van der Waals surface area contributed by atoms with Crippen LogP contribution < -0.4 is 11.1 Å². The molecule has 15 nitrogen and oxygen atoms in total. The first-order valence-corrected chi connectivity index (χ1v) is 25.2. The van der Waals surface area contributed by atoms with Crippen molar-refractivity contribution in [2.45, 2.75) is 13.3 Å². The normalized spacial score (nSPS) is 10.9. The molecular formula is C55H41N11O4S3. The lowest BCUT2D eigenvalue weighted by atomic mass is 10.0. The van der Waals surface area contributed by atoms with Crippen LogP contribution in [-0.4, -0.2) is 74.0 Å². The van der Waals surface area contributed by atoms with Crippen LogP contribution in [0.1, 0.15) is 58.2 Å². The summed E-state index contributed by atoms with van der Waals surface area (Å²) in [6.45, 7) is 1.58. The van der Waals surface area contributed by atoms with Crippen molar-refractivity contribution in [2.24, 2.45) is 0 Å². The van der Waals surface area contributed by atoms with E-state index in [0.717, 1.165) is 45.0 Å². The second kappa shape index (κ2) is 21.1. The van der Waals surface area contributed by atoms with Crippen molar-refractivity contribution >= 4 is 85.5 Å². The predicted octanol–water partition coefficient (Wildman–Crippen LogP) is 10.8. The van der Waals surface area contributed by atoms with Gasteiger partial charge in [0.1, 0.15) is 5.78 Å². The van der Waals surface area contributed by atoms with Gasteiger partial charge < -0.3 is 11.1 Å². The highest BCUT2D eigenvalue weighted by molar-refractivity contribution is 7.13. The summed E-state index contributed by atoms with van der Waals surface area (Å²) in [6.07, 6.45) is 10.2. The van der Waals surface area contributed by atoms with E-state index in [9.17, 15) is 19.2 Å². The molecule has 0 saturated heterocycles. The van der Waals surface area contributed by atoms with Crippen molar-refractivity contribution in [1.29, 1.82) is 0 Å². The number of hydrogen-bond acceptors (Lipinski definition) is 15. The number of Topliss-reactive ketones (excluding diaryl/α,β-unsaturated/α-hetero) is 1. The number of nitrogens with two attached hydrogens (primary N) is 1. The molecule has 3 aromatic carbocycles. The second-order valence-corrected chi connectivity index (χ2v) is 19.2. The molecule has 12 aromatic rings.